The monoisotopic (exact) mass is 972 g/mol. The summed E-state index contributed by atoms with van der Waals surface area (Å²) in [6, 6.07) is 6.47. The minimum atomic E-state index is -1.41. The number of allylic oxidation sites excluding steroid dienone is 5. The average Bonchev–Trinajstić information content (AvgIpc) is 3.57. The van der Waals surface area contributed by atoms with Crippen LogP contribution < -0.4 is 37.2 Å². The summed E-state index contributed by atoms with van der Waals surface area (Å²) in [5, 5.41) is 72.7. The van der Waals surface area contributed by atoms with Crippen molar-refractivity contribution in [2.24, 2.45) is 28.9 Å². The van der Waals surface area contributed by atoms with Crippen LogP contribution in [0.2, 0.25) is 0 Å². The van der Waals surface area contributed by atoms with E-state index >= 15 is 4.79 Å². The highest BCUT2D eigenvalue weighted by atomic mass is 16.6. The number of phenolic OH excluding ortho intramolecular Hbond substituents is 2. The fourth-order valence-electron chi connectivity index (χ4n) is 14.7. The minimum absolute atomic E-state index is 0.00253. The molecule has 2 aromatic carbocycles. The lowest BCUT2D eigenvalue weighted by Gasteiger charge is -2.52. The first-order chi connectivity index (χ1) is 34.2. The summed E-state index contributed by atoms with van der Waals surface area (Å²) in [5.41, 5.74) is 10.3. The Kier molecular flexibility index (Phi) is 12.2. The van der Waals surface area contributed by atoms with Gasteiger partial charge in [-0.15, -0.1) is 0 Å². The lowest BCUT2D eigenvalue weighted by molar-refractivity contribution is -0.171. The first-order valence-corrected chi connectivity index (χ1v) is 25.9. The van der Waals surface area contributed by atoms with Crippen molar-refractivity contribution in [1.29, 1.82) is 0 Å². The van der Waals surface area contributed by atoms with Crippen molar-refractivity contribution in [3.8, 4) is 17.2 Å². The Labute approximate surface area is 414 Å². The molecule has 11 rings (SSSR count). The summed E-state index contributed by atoms with van der Waals surface area (Å²) < 4.78 is 21.2. The zero-order valence-electron chi connectivity index (χ0n) is 41.0. The van der Waals surface area contributed by atoms with Crippen LogP contribution in [0.3, 0.4) is 0 Å². The highest BCUT2D eigenvalue weighted by Crippen LogP contribution is 2.62. The van der Waals surface area contributed by atoms with Crippen molar-refractivity contribution in [2.45, 2.75) is 133 Å². The number of carbonyl (C=O) groups excluding carboxylic acids is 1. The molecule has 378 valence electrons. The van der Waals surface area contributed by atoms with Gasteiger partial charge in [-0.05, 0) is 167 Å². The number of phenols is 2. The van der Waals surface area contributed by atoms with E-state index in [9.17, 15) is 30.3 Å². The zero-order valence-corrected chi connectivity index (χ0v) is 41.0. The third kappa shape index (κ3) is 7.80. The standard InChI is InChI=1S/C56H69N5O10/c1-4-40(56(68)14-13-55(28-56)15-18-58-19-16-55)53(67)70-43-24-38-49(66)47-42(65)23-33(26-62)69-51(47)48-45-36-12-17-60-52(57)46(36)35(11-7-29-6-9-32(64)22-37(29)39(45)27-63)34-10-8-30-21-44(59-5-2)61-25-31(30)20-41(34)54(43,3)71-50(38)48/h4,6,9,12,21-23,25,34-35,39,41,43-45,58-64,66,68H,5,7-8,10-11,13-20,24,26-28,57H2,1-3H3. The van der Waals surface area contributed by atoms with Crippen LogP contribution in [0.4, 0.5) is 0 Å². The molecule has 8 aliphatic rings. The first kappa shape index (κ1) is 47.7. The van der Waals surface area contributed by atoms with Gasteiger partial charge in [-0.3, -0.25) is 10.1 Å². The first-order valence-electron chi connectivity index (χ1n) is 25.9. The van der Waals surface area contributed by atoms with Crippen LogP contribution in [0.15, 0.2) is 91.6 Å². The molecule has 3 fully saturated rings. The molecule has 1 saturated heterocycles. The Hall–Kier alpha value is -5.58. The maximum absolute atomic E-state index is 15.2. The number of benzene rings is 2. The van der Waals surface area contributed by atoms with Gasteiger partial charge in [-0.2, -0.15) is 0 Å². The third-order valence-corrected chi connectivity index (χ3v) is 18.1. The van der Waals surface area contributed by atoms with E-state index in [2.05, 4.69) is 46.5 Å². The highest BCUT2D eigenvalue weighted by Gasteiger charge is 2.59. The quantitative estimate of drug-likeness (QED) is 0.105. The van der Waals surface area contributed by atoms with E-state index in [1.54, 1.807) is 25.1 Å². The molecule has 71 heavy (non-hydrogen) atoms. The second-order valence-electron chi connectivity index (χ2n) is 21.8. The molecule has 9 unspecified atom stereocenters. The largest absolute Gasteiger partial charge is 0.508 e. The summed E-state index contributed by atoms with van der Waals surface area (Å²) >= 11 is 0. The van der Waals surface area contributed by atoms with Gasteiger partial charge in [-0.1, -0.05) is 25.1 Å². The number of fused-ring (bicyclic) bond motifs is 9. The summed E-state index contributed by atoms with van der Waals surface area (Å²) in [5.74, 6) is -2.71. The Morgan fingerprint density at radius 1 is 1.06 bits per heavy atom. The molecule has 1 spiro atoms. The van der Waals surface area contributed by atoms with Crippen molar-refractivity contribution in [3.63, 3.8) is 0 Å². The summed E-state index contributed by atoms with van der Waals surface area (Å²) in [6.07, 6.45) is 13.6. The fourth-order valence-corrected chi connectivity index (χ4v) is 14.7. The molecule has 15 heteroatoms. The average molecular weight is 972 g/mol. The van der Waals surface area contributed by atoms with Gasteiger partial charge in [0.15, 0.2) is 5.43 Å². The van der Waals surface area contributed by atoms with Gasteiger partial charge < -0.3 is 61.1 Å². The molecule has 5 aliphatic heterocycles. The molecule has 9 atom stereocenters. The number of esters is 1. The SMILES string of the molecule is CC=C(C(=O)OC1Cc2c3c(c4oc(CO)cc(=O)c4c2O)C2C4=CCNC(N)=C4C(CCc4ccc(O)cc4C2CO)C2CCC4=CC(NCC)NC=C4CC2C1(C)O3)C1(O)CCC2(CCNCC2)C1. The van der Waals surface area contributed by atoms with Crippen molar-refractivity contribution in [1.82, 2.24) is 21.3 Å². The van der Waals surface area contributed by atoms with Crippen molar-refractivity contribution >= 4 is 16.9 Å². The van der Waals surface area contributed by atoms with Crippen LogP contribution in [0.25, 0.3) is 11.0 Å². The second kappa shape index (κ2) is 18.2. The van der Waals surface area contributed by atoms with Crippen molar-refractivity contribution in [2.75, 3.05) is 32.8 Å². The van der Waals surface area contributed by atoms with Crippen LogP contribution in [0.1, 0.15) is 118 Å². The number of nitrogens with two attached hydrogens (primary N) is 1. The molecule has 0 radical (unpaired) electrons. The summed E-state index contributed by atoms with van der Waals surface area (Å²) in [7, 11) is 0. The Morgan fingerprint density at radius 2 is 1.87 bits per heavy atom. The lowest BCUT2D eigenvalue weighted by atomic mass is 9.61. The van der Waals surface area contributed by atoms with Crippen molar-refractivity contribution in [3.05, 3.63) is 121 Å². The molecule has 3 aliphatic carbocycles. The maximum Gasteiger partial charge on any atom is 0.337 e. The van der Waals surface area contributed by atoms with Gasteiger partial charge in [0.05, 0.1) is 23.9 Å². The number of hydrogen-bond acceptors (Lipinski definition) is 15. The number of nitrogens with one attached hydrogen (secondary N) is 4. The molecule has 11 N–H and O–H groups in total. The van der Waals surface area contributed by atoms with Crippen LogP contribution in [-0.2, 0) is 29.0 Å². The van der Waals surface area contributed by atoms with E-state index in [-0.39, 0.29) is 75.1 Å². The number of aliphatic hydroxyl groups excluding tert-OH is 2. The summed E-state index contributed by atoms with van der Waals surface area (Å²) in [4.78, 5) is 29.7. The van der Waals surface area contributed by atoms with Crippen LogP contribution in [0, 0.1) is 23.2 Å². The van der Waals surface area contributed by atoms with Crippen LogP contribution in [0.5, 0.6) is 17.2 Å². The minimum Gasteiger partial charge on any atom is -0.508 e. The van der Waals surface area contributed by atoms with E-state index in [4.69, 9.17) is 19.6 Å². The van der Waals surface area contributed by atoms with E-state index in [1.807, 2.05) is 13.0 Å². The smallest absolute Gasteiger partial charge is 0.337 e. The number of aliphatic hydroxyl groups is 3. The number of dihydropyridines is 2. The number of hydrogen-bond donors (Lipinski definition) is 10. The van der Waals surface area contributed by atoms with Crippen LogP contribution in [-0.4, -0.2) is 87.8 Å². The van der Waals surface area contributed by atoms with Crippen LogP contribution >= 0.6 is 0 Å². The zero-order chi connectivity index (χ0) is 49.6. The number of ether oxygens (including phenoxy) is 2. The van der Waals surface area contributed by atoms with E-state index in [0.717, 1.165) is 67.6 Å². The molecule has 6 heterocycles. The highest BCUT2D eigenvalue weighted by molar-refractivity contribution is 5.93. The lowest BCUT2D eigenvalue weighted by Crippen LogP contribution is -2.59. The molecular weight excluding hydrogens is 903 g/mol. The third-order valence-electron chi connectivity index (χ3n) is 18.1. The van der Waals surface area contributed by atoms with Gasteiger partial charge in [0.1, 0.15) is 58.1 Å². The van der Waals surface area contributed by atoms with Gasteiger partial charge in [-0.25, -0.2) is 4.79 Å². The van der Waals surface area contributed by atoms with Gasteiger partial charge in [0, 0.05) is 54.1 Å². The topological polar surface area (TPSA) is 241 Å². The van der Waals surface area contributed by atoms with Gasteiger partial charge in [0.2, 0.25) is 0 Å². The number of aryl methyl sites for hydroxylation is 1. The molecule has 4 bridgehead atoms. The van der Waals surface area contributed by atoms with E-state index < -0.39 is 59.5 Å². The van der Waals surface area contributed by atoms with Crippen molar-refractivity contribution < 1.29 is 44.2 Å². The number of likely N-dealkylation sites (N-methyl/N-ethyl adjacent to an activating group) is 1. The number of carbonyl (C=O) groups is 1. The molecule has 15 nitrogen and oxygen atoms in total. The fraction of sp³-hybridized carbons (Fsp3) is 0.536. The molecule has 0 amide bonds. The Balaban J connectivity index is 1.18. The number of aromatic hydroxyl groups is 2. The Bertz CT molecular complexity index is 2890. The number of rotatable bonds is 7. The molecular formula is C56H69N5O10. The van der Waals surface area contributed by atoms with E-state index in [0.29, 0.717) is 62.0 Å². The molecule has 2 saturated carbocycles. The predicted molar refractivity (Wildman–Crippen MR) is 267 cm³/mol. The summed E-state index contributed by atoms with van der Waals surface area (Å²) in [6.45, 7) is 7.69. The van der Waals surface area contributed by atoms with Gasteiger partial charge >= 0.3 is 5.97 Å². The Morgan fingerprint density at radius 3 is 2.63 bits per heavy atom. The molecule has 1 aromatic heterocycles. The second-order valence-corrected chi connectivity index (χ2v) is 21.8. The van der Waals surface area contributed by atoms with E-state index in [1.165, 1.54) is 11.6 Å². The molecule has 3 aromatic rings. The number of piperidine rings is 1. The normalized spacial score (nSPS) is 31.9. The van der Waals surface area contributed by atoms with Gasteiger partial charge in [0.25, 0.3) is 0 Å². The maximum atomic E-state index is 15.2. The predicted octanol–water partition coefficient (Wildman–Crippen LogP) is 5.43.